The molecule has 0 spiro atoms. The van der Waals surface area contributed by atoms with Crippen LogP contribution in [0.25, 0.3) is 0 Å². The quantitative estimate of drug-likeness (QED) is 0.0230. The van der Waals surface area contributed by atoms with Crippen molar-refractivity contribution in [1.29, 1.82) is 0 Å². The molecular weight excluding hydrogens is 1780 g/mol. The van der Waals surface area contributed by atoms with Crippen molar-refractivity contribution >= 4 is 157 Å². The molecule has 0 radical (unpaired) electrons. The van der Waals surface area contributed by atoms with Gasteiger partial charge in [0.05, 0.1) is 62.6 Å². The topological polar surface area (TPSA) is 567 Å². The third-order valence-electron chi connectivity index (χ3n) is 22.1. The van der Waals surface area contributed by atoms with Gasteiger partial charge in [-0.25, -0.2) is 4.98 Å². The molecule has 726 valence electrons. The first-order chi connectivity index (χ1) is 65.7. The van der Waals surface area contributed by atoms with Crippen LogP contribution in [0.4, 0.5) is 62.6 Å². The number of hydrogen-bond acceptors (Lipinski definition) is 19. The third-order valence-corrected chi connectivity index (χ3v) is 22.1. The Morgan fingerprint density at radius 2 is 0.457 bits per heavy atom. The van der Waals surface area contributed by atoms with Gasteiger partial charge in [-0.3, -0.25) is 76.7 Å². The van der Waals surface area contributed by atoms with Crippen LogP contribution >= 0.6 is 0 Å². The van der Waals surface area contributed by atoms with Crippen molar-refractivity contribution in [3.05, 3.63) is 216 Å². The zero-order valence-corrected chi connectivity index (χ0v) is 78.3. The van der Waals surface area contributed by atoms with Crippen LogP contribution in [0.2, 0.25) is 0 Å². The van der Waals surface area contributed by atoms with Crippen LogP contribution in [0.5, 0.6) is 0 Å². The molecule has 47 nitrogen and oxygen atoms in total. The predicted molar refractivity (Wildman–Crippen MR) is 513 cm³/mol. The van der Waals surface area contributed by atoms with Gasteiger partial charge in [0.1, 0.15) is 62.6 Å². The summed E-state index contributed by atoms with van der Waals surface area (Å²) in [4.78, 5) is 218. The summed E-state index contributed by atoms with van der Waals surface area (Å²) in [6, 6.07) is 16.2. The summed E-state index contributed by atoms with van der Waals surface area (Å²) in [5.41, 5.74) is 11.0. The van der Waals surface area contributed by atoms with Crippen LogP contribution in [0, 0.1) is 0 Å². The fourth-order valence-corrected chi connectivity index (χ4v) is 15.1. The largest absolute Gasteiger partial charge is 0.356 e. The average Bonchev–Trinajstić information content (AvgIpc) is 1.68. The maximum absolute atomic E-state index is 13.6. The van der Waals surface area contributed by atoms with Gasteiger partial charge < -0.3 is 151 Å². The molecule has 0 saturated heterocycles. The second kappa shape index (κ2) is 44.5. The number of aryl methyl sites for hydroxylation is 12. The van der Waals surface area contributed by atoms with Crippen molar-refractivity contribution in [3.8, 4) is 0 Å². The molecule has 0 atom stereocenters. The van der Waals surface area contributed by atoms with E-state index in [0.29, 0.717) is 47.2 Å². The number of nitrogens with two attached hydrogens (primary N) is 1. The summed E-state index contributed by atoms with van der Waals surface area (Å²) in [5, 5.41) is 44.1. The van der Waals surface area contributed by atoms with Crippen molar-refractivity contribution in [3.63, 3.8) is 0 Å². The maximum Gasteiger partial charge on any atom is 0.291 e. The zero-order valence-electron chi connectivity index (χ0n) is 78.3. The molecule has 12 heterocycles. The number of imidazole rings is 1. The minimum Gasteiger partial charge on any atom is -0.356 e. The monoisotopic (exact) mass is 1890 g/mol. The van der Waals surface area contributed by atoms with E-state index in [0.717, 1.165) is 25.9 Å². The minimum absolute atomic E-state index is 0.00941. The van der Waals surface area contributed by atoms with Crippen LogP contribution in [0.1, 0.15) is 171 Å². The van der Waals surface area contributed by atoms with Crippen molar-refractivity contribution in [1.82, 2.24) is 91.3 Å². The van der Waals surface area contributed by atoms with Crippen LogP contribution in [-0.4, -0.2) is 219 Å². The Kier molecular flexibility index (Phi) is 32.2. The van der Waals surface area contributed by atoms with Crippen LogP contribution in [0.15, 0.2) is 147 Å². The first kappa shape index (κ1) is 99.7. The normalized spacial score (nSPS) is 11.1. The van der Waals surface area contributed by atoms with E-state index in [1.54, 1.807) is 137 Å². The SMILES string of the molecule is CN(CCCN)CCCNC(=O)CCNC(=O)c1cc(NC(=O)c2cc(NC(=O)c3cc(NC(=O)c4cc(NC(=O)CCNC(=O)c5cc(NC(=O)c6cc(NC(=O)CCCNC(=O)c7cc(NC(=O)c8cc(NC(=O)c9cc(NC(=O)CCNC(=O)c%10cc(NC(=O)c%11cc(NC(=O)c%12nccn%12C)cn%11C)cn%10C)cn9C)cn8C)cn7C)cn6C)cn5C)cn4C)cn3C)cn2C)cn1C. The number of carbonyl (C=O) groups excluding carboxylic acids is 16. The van der Waals surface area contributed by atoms with Crippen molar-refractivity contribution in [2.75, 3.05) is 118 Å². The van der Waals surface area contributed by atoms with E-state index in [2.05, 4.69) is 95.0 Å². The predicted octanol–water partition coefficient (Wildman–Crippen LogP) is 4.73. The smallest absolute Gasteiger partial charge is 0.291 e. The summed E-state index contributed by atoms with van der Waals surface area (Å²) >= 11 is 0. The highest BCUT2D eigenvalue weighted by Gasteiger charge is 2.27. The van der Waals surface area contributed by atoms with Crippen LogP contribution in [-0.2, 0) is 104 Å². The number of rotatable bonds is 43. The highest BCUT2D eigenvalue weighted by atomic mass is 16.2. The van der Waals surface area contributed by atoms with Gasteiger partial charge in [-0.2, -0.15) is 0 Å². The van der Waals surface area contributed by atoms with E-state index in [1.165, 1.54) is 150 Å². The molecule has 47 heteroatoms. The van der Waals surface area contributed by atoms with Crippen molar-refractivity contribution in [2.24, 2.45) is 90.3 Å². The second-order valence-electron chi connectivity index (χ2n) is 33.1. The molecule has 0 bridgehead atoms. The Morgan fingerprint density at radius 1 is 0.246 bits per heavy atom. The lowest BCUT2D eigenvalue weighted by Crippen LogP contribution is -2.33. The molecule has 0 aliphatic carbocycles. The lowest BCUT2D eigenvalue weighted by atomic mass is 10.2. The van der Waals surface area contributed by atoms with Gasteiger partial charge in [0.15, 0.2) is 5.82 Å². The fraction of sp³-hybridized carbons (Fsp3) is 0.308. The number of carbonyl (C=O) groups is 16. The summed E-state index contributed by atoms with van der Waals surface area (Å²) in [6.07, 6.45) is 21.8. The Balaban J connectivity index is 0.512. The van der Waals surface area contributed by atoms with E-state index in [4.69, 9.17) is 5.73 Å². The molecule has 12 aromatic rings. The van der Waals surface area contributed by atoms with E-state index in [-0.39, 0.29) is 161 Å². The Bertz CT molecular complexity index is 6680. The van der Waals surface area contributed by atoms with Gasteiger partial charge in [0, 0.05) is 224 Å². The van der Waals surface area contributed by atoms with Gasteiger partial charge in [0.2, 0.25) is 23.6 Å². The molecule has 12 rings (SSSR count). The molecular formula is C91H111N31O16. The fourth-order valence-electron chi connectivity index (χ4n) is 15.1. The molecule has 12 aromatic heterocycles. The van der Waals surface area contributed by atoms with E-state index < -0.39 is 88.6 Å². The number of anilines is 11. The lowest BCUT2D eigenvalue weighted by Gasteiger charge is -2.15. The van der Waals surface area contributed by atoms with E-state index in [9.17, 15) is 76.7 Å². The molecule has 0 unspecified atom stereocenters. The van der Waals surface area contributed by atoms with Gasteiger partial charge in [0.25, 0.3) is 70.9 Å². The minimum atomic E-state index is -0.560. The Morgan fingerprint density at radius 3 is 0.703 bits per heavy atom. The lowest BCUT2D eigenvalue weighted by molar-refractivity contribution is -0.121. The molecule has 0 aliphatic heterocycles. The number of aromatic nitrogens is 13. The molecule has 0 saturated carbocycles. The standard InChI is InChI=1S/C91H111N31O16/c1-110(28-15-21-92)29-16-23-93-75(123)18-24-96-81(128)65-35-58(47-113(65)4)104-88(135)72-40-62(51-120(72)11)108-89(136)73-39-61(50-121(73)12)107-86(133)70-33-55(44-118(70)9)101-77(125)19-25-97-82(129)66-36-57(46-114(66)5)102-84(131)68-31-53(42-116(68)7)99-76(124)17-14-22-95-80(127)64-34-56(45-112(64)3)103-87(134)71-38-60(49-119(71)10)106-85(132)69-32-54(43-117(69)8)100-78(126)20-26-98-83(130)67-37-59(48-115(67)6)105-90(137)74-41-63(52-122(74)13)109-91(138)79-94-27-30-111(79)2/h27,30-52H,14-26,28-29,92H2,1-13H3,(H,93,123)(H,95,127)(H,96,128)(H,97,129)(H,98,130)(H,99,124)(H,100,126)(H,101,125)(H,102,131)(H,103,134)(H,104,135)(H,105,137)(H,106,132)(H,107,133)(H,108,136)(H,109,138). The third kappa shape index (κ3) is 25.8. The first-order valence-corrected chi connectivity index (χ1v) is 43.7. The molecule has 0 aliphatic rings. The molecule has 0 aromatic carbocycles. The highest BCUT2D eigenvalue weighted by molar-refractivity contribution is 6.12. The average molecular weight is 1900 g/mol. The van der Waals surface area contributed by atoms with E-state index in [1.807, 2.05) is 7.05 Å². The zero-order chi connectivity index (χ0) is 99.6. The number of nitrogens with zero attached hydrogens (tertiary/aromatic N) is 14. The second-order valence-corrected chi connectivity index (χ2v) is 33.1. The summed E-state index contributed by atoms with van der Waals surface area (Å²) < 4.78 is 18.2. The van der Waals surface area contributed by atoms with Crippen LogP contribution in [0.3, 0.4) is 0 Å². The highest BCUT2D eigenvalue weighted by Crippen LogP contribution is 2.27. The Labute approximate surface area is 790 Å². The molecule has 138 heavy (non-hydrogen) atoms. The van der Waals surface area contributed by atoms with Gasteiger partial charge in [-0.05, 0) is 113 Å². The summed E-state index contributed by atoms with van der Waals surface area (Å²) in [7, 11) is 21.5. The molecule has 0 fully saturated rings. The van der Waals surface area contributed by atoms with Crippen molar-refractivity contribution < 1.29 is 76.7 Å². The van der Waals surface area contributed by atoms with Crippen LogP contribution < -0.4 is 90.8 Å². The number of hydrogen-bond donors (Lipinski definition) is 17. The summed E-state index contributed by atoms with van der Waals surface area (Å²) in [6.45, 7) is 2.90. The van der Waals surface area contributed by atoms with E-state index >= 15 is 0 Å². The Hall–Kier alpha value is -17.3. The number of amides is 16. The summed E-state index contributed by atoms with van der Waals surface area (Å²) in [5.74, 6) is -7.57. The first-order valence-electron chi connectivity index (χ1n) is 43.7. The van der Waals surface area contributed by atoms with Gasteiger partial charge in [-0.1, -0.05) is 0 Å². The number of nitrogens with one attached hydrogen (secondary N) is 16. The molecule has 18 N–H and O–H groups in total. The van der Waals surface area contributed by atoms with Gasteiger partial charge in [-0.15, -0.1) is 0 Å². The maximum atomic E-state index is 13.6. The van der Waals surface area contributed by atoms with Crippen molar-refractivity contribution in [2.45, 2.75) is 44.9 Å². The molecule has 16 amide bonds. The van der Waals surface area contributed by atoms with Gasteiger partial charge >= 0.3 is 0 Å².